The number of methoxy groups -OCH3 is 1. The third kappa shape index (κ3) is 5.55. The molecule has 1 aromatic heterocycles. The minimum atomic E-state index is -1.35. The second-order valence-corrected chi connectivity index (χ2v) is 7.38. The van der Waals surface area contributed by atoms with Crippen LogP contribution in [0.4, 0.5) is 16.3 Å². The Bertz CT molecular complexity index is 1140. The zero-order valence-electron chi connectivity index (χ0n) is 17.8. The van der Waals surface area contributed by atoms with Gasteiger partial charge in [0, 0.05) is 41.9 Å². The smallest absolute Gasteiger partial charge is 0.496 e. The van der Waals surface area contributed by atoms with Crippen molar-refractivity contribution in [2.75, 3.05) is 19.0 Å². The molecule has 3 aromatic rings. The fraction of sp³-hybridized carbons (Fsp3) is 0.217. The average Bonchev–Trinajstić information content (AvgIpc) is 3.25. The molecule has 1 saturated heterocycles. The normalized spacial score (nSPS) is 17.2. The van der Waals surface area contributed by atoms with Gasteiger partial charge >= 0.3 is 6.16 Å². The molecule has 0 saturated carbocycles. The Hall–Kier alpha value is -4.18. The highest BCUT2D eigenvalue weighted by Gasteiger charge is 2.28. The van der Waals surface area contributed by atoms with Crippen LogP contribution in [0.25, 0.3) is 11.3 Å². The SMILES string of the molecule is COc1ccccc1-c1cc(Nc2ccc(C(=O)N[C@@H]3CN[C@@H](OC(=O)O)C3)cc2)ncn1. The van der Waals surface area contributed by atoms with Crippen LogP contribution in [-0.4, -0.2) is 53.1 Å². The van der Waals surface area contributed by atoms with Crippen LogP contribution in [0, 0.1) is 0 Å². The number of nitrogens with one attached hydrogen (secondary N) is 3. The molecule has 1 aliphatic heterocycles. The second kappa shape index (κ2) is 9.96. The van der Waals surface area contributed by atoms with E-state index in [2.05, 4.69) is 30.7 Å². The summed E-state index contributed by atoms with van der Waals surface area (Å²) in [6, 6.07) is 16.2. The summed E-state index contributed by atoms with van der Waals surface area (Å²) in [4.78, 5) is 31.7. The molecule has 4 rings (SSSR count). The van der Waals surface area contributed by atoms with Crippen molar-refractivity contribution in [3.63, 3.8) is 0 Å². The van der Waals surface area contributed by atoms with E-state index in [0.717, 1.165) is 22.7 Å². The van der Waals surface area contributed by atoms with Crippen LogP contribution in [0.1, 0.15) is 16.8 Å². The first-order chi connectivity index (χ1) is 16.0. The van der Waals surface area contributed by atoms with Crippen molar-refractivity contribution >= 4 is 23.6 Å². The molecule has 2 atom stereocenters. The number of amides is 1. The van der Waals surface area contributed by atoms with E-state index in [1.165, 1.54) is 6.33 Å². The lowest BCUT2D eigenvalue weighted by Gasteiger charge is -2.13. The predicted molar refractivity (Wildman–Crippen MR) is 121 cm³/mol. The number of hydrogen-bond donors (Lipinski definition) is 4. The maximum atomic E-state index is 12.5. The van der Waals surface area contributed by atoms with Crippen LogP contribution in [-0.2, 0) is 4.74 Å². The molecule has 0 spiro atoms. The second-order valence-electron chi connectivity index (χ2n) is 7.38. The average molecular weight is 449 g/mol. The van der Waals surface area contributed by atoms with Gasteiger partial charge in [0.1, 0.15) is 17.9 Å². The van der Waals surface area contributed by atoms with Gasteiger partial charge < -0.3 is 25.2 Å². The van der Waals surface area contributed by atoms with Crippen molar-refractivity contribution < 1.29 is 24.2 Å². The minimum Gasteiger partial charge on any atom is -0.496 e. The minimum absolute atomic E-state index is 0.214. The first kappa shape index (κ1) is 22.0. The van der Waals surface area contributed by atoms with E-state index < -0.39 is 12.4 Å². The lowest BCUT2D eigenvalue weighted by atomic mass is 10.1. The van der Waals surface area contributed by atoms with Gasteiger partial charge in [-0.1, -0.05) is 12.1 Å². The van der Waals surface area contributed by atoms with Gasteiger partial charge in [0.15, 0.2) is 6.23 Å². The highest BCUT2D eigenvalue weighted by molar-refractivity contribution is 5.94. The number of ether oxygens (including phenoxy) is 2. The summed E-state index contributed by atoms with van der Waals surface area (Å²) < 4.78 is 10.1. The molecule has 1 aliphatic rings. The number of carbonyl (C=O) groups is 2. The largest absolute Gasteiger partial charge is 0.507 e. The summed E-state index contributed by atoms with van der Waals surface area (Å²) in [7, 11) is 1.61. The highest BCUT2D eigenvalue weighted by Crippen LogP contribution is 2.29. The highest BCUT2D eigenvalue weighted by atomic mass is 16.7. The van der Waals surface area contributed by atoms with Gasteiger partial charge in [0.05, 0.1) is 12.8 Å². The van der Waals surface area contributed by atoms with Crippen molar-refractivity contribution in [2.24, 2.45) is 0 Å². The summed E-state index contributed by atoms with van der Waals surface area (Å²) in [5.74, 6) is 1.07. The van der Waals surface area contributed by atoms with Crippen LogP contribution >= 0.6 is 0 Å². The summed E-state index contributed by atoms with van der Waals surface area (Å²) in [6.45, 7) is 0.436. The van der Waals surface area contributed by atoms with Gasteiger partial charge in [-0.3, -0.25) is 10.1 Å². The Labute approximate surface area is 190 Å². The van der Waals surface area contributed by atoms with Crippen molar-refractivity contribution in [1.29, 1.82) is 0 Å². The topological polar surface area (TPSA) is 135 Å². The number of hydrogen-bond acceptors (Lipinski definition) is 8. The van der Waals surface area contributed by atoms with Crippen LogP contribution in [0.5, 0.6) is 5.75 Å². The number of carboxylic acid groups (broad SMARTS) is 1. The zero-order chi connectivity index (χ0) is 23.2. The van der Waals surface area contributed by atoms with E-state index in [0.29, 0.717) is 24.3 Å². The monoisotopic (exact) mass is 449 g/mol. The maximum absolute atomic E-state index is 12.5. The predicted octanol–water partition coefficient (Wildman–Crippen LogP) is 3.01. The van der Waals surface area contributed by atoms with Crippen LogP contribution in [0.3, 0.4) is 0 Å². The summed E-state index contributed by atoms with van der Waals surface area (Å²) in [5.41, 5.74) is 2.82. The molecule has 4 N–H and O–H groups in total. The molecule has 0 radical (unpaired) electrons. The quantitative estimate of drug-likeness (QED) is 0.401. The third-order valence-corrected chi connectivity index (χ3v) is 5.14. The molecule has 33 heavy (non-hydrogen) atoms. The fourth-order valence-corrected chi connectivity index (χ4v) is 3.57. The first-order valence-electron chi connectivity index (χ1n) is 10.3. The standard InChI is InChI=1S/C23H23N5O5/c1-32-19-5-3-2-4-17(19)18-11-20(26-13-25-18)27-15-8-6-14(7-9-15)22(29)28-16-10-21(24-12-16)33-23(30)31/h2-9,11,13,16,21,24H,10,12H2,1H3,(H,28,29)(H,30,31)(H,25,26,27)/t16-,21-/m0/s1. The molecule has 10 heteroatoms. The van der Waals surface area contributed by atoms with Gasteiger partial charge in [-0.15, -0.1) is 0 Å². The Morgan fingerprint density at radius 3 is 2.67 bits per heavy atom. The van der Waals surface area contributed by atoms with Gasteiger partial charge in [-0.05, 0) is 36.4 Å². The molecule has 2 heterocycles. The number of anilines is 2. The number of aromatic nitrogens is 2. The molecule has 1 fully saturated rings. The molecule has 2 aromatic carbocycles. The molecule has 0 aliphatic carbocycles. The summed E-state index contributed by atoms with van der Waals surface area (Å²) >= 11 is 0. The molecular weight excluding hydrogens is 426 g/mol. The lowest BCUT2D eigenvalue weighted by molar-refractivity contribution is 0.0450. The van der Waals surface area contributed by atoms with E-state index in [-0.39, 0.29) is 11.9 Å². The Morgan fingerprint density at radius 2 is 1.91 bits per heavy atom. The first-order valence-corrected chi connectivity index (χ1v) is 10.3. The van der Waals surface area contributed by atoms with Crippen molar-refractivity contribution in [2.45, 2.75) is 18.7 Å². The molecular formula is C23H23N5O5. The molecule has 0 unspecified atom stereocenters. The number of rotatable bonds is 7. The van der Waals surface area contributed by atoms with E-state index in [4.69, 9.17) is 9.84 Å². The van der Waals surface area contributed by atoms with Crippen LogP contribution < -0.4 is 20.7 Å². The molecule has 1 amide bonds. The maximum Gasteiger partial charge on any atom is 0.507 e. The fourth-order valence-electron chi connectivity index (χ4n) is 3.57. The van der Waals surface area contributed by atoms with Crippen molar-refractivity contribution in [3.8, 4) is 17.0 Å². The van der Waals surface area contributed by atoms with Crippen LogP contribution in [0.15, 0.2) is 60.9 Å². The van der Waals surface area contributed by atoms with Gasteiger partial charge in [0.2, 0.25) is 0 Å². The Morgan fingerprint density at radius 1 is 1.12 bits per heavy atom. The van der Waals surface area contributed by atoms with Gasteiger partial charge in [-0.2, -0.15) is 0 Å². The zero-order valence-corrected chi connectivity index (χ0v) is 17.8. The van der Waals surface area contributed by atoms with Gasteiger partial charge in [0.25, 0.3) is 5.91 Å². The number of nitrogens with zero attached hydrogens (tertiary/aromatic N) is 2. The number of carbonyl (C=O) groups excluding carboxylic acids is 1. The summed E-state index contributed by atoms with van der Waals surface area (Å²) in [6.07, 6.45) is -0.114. The number of benzene rings is 2. The third-order valence-electron chi connectivity index (χ3n) is 5.14. The molecule has 0 bridgehead atoms. The van der Waals surface area contributed by atoms with E-state index >= 15 is 0 Å². The molecule has 10 nitrogen and oxygen atoms in total. The van der Waals surface area contributed by atoms with Crippen molar-refractivity contribution in [1.82, 2.24) is 20.6 Å². The Kier molecular flexibility index (Phi) is 6.65. The number of para-hydroxylation sites is 1. The van der Waals surface area contributed by atoms with Crippen LogP contribution in [0.2, 0.25) is 0 Å². The van der Waals surface area contributed by atoms with E-state index in [9.17, 15) is 9.59 Å². The van der Waals surface area contributed by atoms with E-state index in [1.54, 1.807) is 31.4 Å². The Balaban J connectivity index is 1.38. The molecule has 170 valence electrons. The summed E-state index contributed by atoms with van der Waals surface area (Å²) in [5, 5.41) is 17.7. The lowest BCUT2D eigenvalue weighted by Crippen LogP contribution is -2.36. The van der Waals surface area contributed by atoms with E-state index in [1.807, 2.05) is 30.3 Å². The van der Waals surface area contributed by atoms with Crippen molar-refractivity contribution in [3.05, 3.63) is 66.5 Å². The van der Waals surface area contributed by atoms with Gasteiger partial charge in [-0.25, -0.2) is 14.8 Å².